The van der Waals surface area contributed by atoms with Gasteiger partial charge in [0.1, 0.15) is 17.8 Å². The molecule has 0 saturated heterocycles. The lowest BCUT2D eigenvalue weighted by Crippen LogP contribution is -2.59. The molecule has 3 aromatic carbocycles. The van der Waals surface area contributed by atoms with Crippen molar-refractivity contribution in [3.63, 3.8) is 0 Å². The number of hydrogen-bond acceptors (Lipinski definition) is 0. The van der Waals surface area contributed by atoms with Crippen LogP contribution in [0.2, 0.25) is 0 Å². The van der Waals surface area contributed by atoms with E-state index < -0.39 is 0 Å². The summed E-state index contributed by atoms with van der Waals surface area (Å²) in [5.41, 5.74) is 8.37. The van der Waals surface area contributed by atoms with Crippen LogP contribution in [0.5, 0.6) is 0 Å². The van der Waals surface area contributed by atoms with Gasteiger partial charge in [0.2, 0.25) is 0 Å². The van der Waals surface area contributed by atoms with E-state index in [1.54, 1.807) is 11.6 Å². The fourth-order valence-corrected chi connectivity index (χ4v) is 6.87. The van der Waals surface area contributed by atoms with Crippen LogP contribution in [0.25, 0.3) is 38.8 Å². The first-order chi connectivity index (χ1) is 15.9. The third kappa shape index (κ3) is 2.05. The number of nitrogens with zero attached hydrogens (tertiary/aromatic N) is 2. The molecule has 2 aromatic heterocycles. The molecule has 1 fully saturated rings. The van der Waals surface area contributed by atoms with Crippen LogP contribution in [0.1, 0.15) is 30.4 Å². The zero-order chi connectivity index (χ0) is 20.8. The summed E-state index contributed by atoms with van der Waals surface area (Å²) in [4.78, 5) is 0. The number of hydrogen-bond donors (Lipinski definition) is 0. The van der Waals surface area contributed by atoms with E-state index in [-0.39, 0.29) is 0 Å². The molecule has 2 unspecified atom stereocenters. The van der Waals surface area contributed by atoms with Crippen molar-refractivity contribution < 1.29 is 9.13 Å². The van der Waals surface area contributed by atoms with E-state index in [1.165, 1.54) is 70.0 Å². The van der Waals surface area contributed by atoms with E-state index in [1.807, 2.05) is 0 Å². The number of aromatic nitrogens is 2. The Labute approximate surface area is 187 Å². The second kappa shape index (κ2) is 6.04. The highest BCUT2D eigenvalue weighted by Crippen LogP contribution is 2.49. The summed E-state index contributed by atoms with van der Waals surface area (Å²) in [5.74, 6) is 2.73. The molecule has 0 bridgehead atoms. The van der Waals surface area contributed by atoms with E-state index in [4.69, 9.17) is 0 Å². The van der Waals surface area contributed by atoms with Crippen molar-refractivity contribution in [3.05, 3.63) is 102 Å². The van der Waals surface area contributed by atoms with Crippen molar-refractivity contribution in [2.75, 3.05) is 0 Å². The Morgan fingerprint density at radius 2 is 1.72 bits per heavy atom. The quantitative estimate of drug-likeness (QED) is 0.248. The van der Waals surface area contributed by atoms with Gasteiger partial charge >= 0.3 is 5.82 Å². The summed E-state index contributed by atoms with van der Waals surface area (Å²) >= 11 is 0. The van der Waals surface area contributed by atoms with E-state index in [0.717, 1.165) is 5.92 Å². The van der Waals surface area contributed by atoms with Crippen LogP contribution in [0, 0.1) is 17.9 Å². The van der Waals surface area contributed by atoms with Gasteiger partial charge in [-0.25, -0.2) is 0 Å². The lowest BCUT2D eigenvalue weighted by atomic mass is 9.73. The highest BCUT2D eigenvalue weighted by Gasteiger charge is 2.48. The predicted molar refractivity (Wildman–Crippen MR) is 126 cm³/mol. The summed E-state index contributed by atoms with van der Waals surface area (Å²) in [7, 11) is 0. The highest BCUT2D eigenvalue weighted by molar-refractivity contribution is 6.06. The predicted octanol–water partition coefficient (Wildman–Crippen LogP) is 5.66. The van der Waals surface area contributed by atoms with Gasteiger partial charge < -0.3 is 0 Å². The first kappa shape index (κ1) is 17.1. The standard InChI is InChI=1S/C30H24N2/c1-2-7-19(8-3-1)22-14-16-27-31(18-22)29-23-11-6-9-20(23)17-21-13-15-25-24-10-4-5-12-26(24)32(27)30(25)28(21)29/h1-5,7-8,10,12-16,18,20,23H,6,9,11,17H2. The molecule has 2 heteroatoms. The average Bonchev–Trinajstić information content (AvgIpc) is 3.46. The molecular formula is C30H24N2. The zero-order valence-electron chi connectivity index (χ0n) is 18.0. The minimum Gasteiger partial charge on any atom is -0.199 e. The molecule has 2 nitrogen and oxygen atoms in total. The lowest BCUT2D eigenvalue weighted by Gasteiger charge is -2.37. The Balaban J connectivity index is 1.52. The Morgan fingerprint density at radius 1 is 0.812 bits per heavy atom. The van der Waals surface area contributed by atoms with Crippen LogP contribution in [-0.2, 0) is 6.42 Å². The number of fused-ring (bicyclic) bond motifs is 8. The second-order valence-electron chi connectivity index (χ2n) is 9.75. The van der Waals surface area contributed by atoms with E-state index >= 15 is 0 Å². The molecule has 5 aromatic rings. The number of para-hydroxylation sites is 1. The van der Waals surface area contributed by atoms with Gasteiger partial charge in [0.15, 0.2) is 5.52 Å². The maximum Gasteiger partial charge on any atom is 0.390 e. The summed E-state index contributed by atoms with van der Waals surface area (Å²) < 4.78 is 5.08. The molecule has 0 spiro atoms. The minimum atomic E-state index is 0.662. The van der Waals surface area contributed by atoms with E-state index in [2.05, 4.69) is 94.2 Å². The van der Waals surface area contributed by atoms with Crippen LogP contribution in [0.4, 0.5) is 0 Å². The third-order valence-corrected chi connectivity index (χ3v) is 8.19. The van der Waals surface area contributed by atoms with Crippen molar-refractivity contribution >= 4 is 21.8 Å². The van der Waals surface area contributed by atoms with Crippen LogP contribution in [0.3, 0.4) is 0 Å². The van der Waals surface area contributed by atoms with Crippen LogP contribution in [0.15, 0.2) is 85.1 Å². The average molecular weight is 413 g/mol. The van der Waals surface area contributed by atoms with Gasteiger partial charge in [-0.3, -0.25) is 0 Å². The Hall–Kier alpha value is -3.52. The van der Waals surface area contributed by atoms with Crippen molar-refractivity contribution in [1.82, 2.24) is 0 Å². The highest BCUT2D eigenvalue weighted by atomic mass is 15.2. The summed E-state index contributed by atoms with van der Waals surface area (Å²) in [6.07, 6.45) is 7.67. The molecule has 0 amide bonds. The molecular weight excluding hydrogens is 388 g/mol. The Bertz CT molecular complexity index is 1540. The fourth-order valence-electron chi connectivity index (χ4n) is 6.87. The number of benzene rings is 3. The first-order valence-corrected chi connectivity index (χ1v) is 11.9. The monoisotopic (exact) mass is 412 g/mol. The molecule has 154 valence electrons. The first-order valence-electron chi connectivity index (χ1n) is 11.9. The van der Waals surface area contributed by atoms with Crippen molar-refractivity contribution in [2.45, 2.75) is 25.7 Å². The topological polar surface area (TPSA) is 7.76 Å². The minimum absolute atomic E-state index is 0.662. The molecule has 1 aliphatic heterocycles. The van der Waals surface area contributed by atoms with Gasteiger partial charge in [-0.05, 0) is 40.8 Å². The zero-order valence-corrected chi connectivity index (χ0v) is 18.0. The van der Waals surface area contributed by atoms with Gasteiger partial charge in [-0.15, -0.1) is 18.2 Å². The lowest BCUT2D eigenvalue weighted by molar-refractivity contribution is -0.758. The van der Waals surface area contributed by atoms with Crippen LogP contribution >= 0.6 is 0 Å². The van der Waals surface area contributed by atoms with Crippen molar-refractivity contribution in [3.8, 4) is 16.9 Å². The maximum atomic E-state index is 2.56. The van der Waals surface area contributed by atoms with Gasteiger partial charge in [-0.1, -0.05) is 67.3 Å². The molecule has 1 saturated carbocycles. The molecule has 3 heterocycles. The Morgan fingerprint density at radius 3 is 2.66 bits per heavy atom. The SMILES string of the molecule is c1ccc(-c2ccc3[n+](c2)[C-]2c4c(ccc5c6cccc[c-]6[n+]-3c45)CC3CCCC23)cc1. The molecule has 3 aliphatic rings. The molecule has 8 rings (SSSR count). The van der Waals surface area contributed by atoms with Crippen molar-refractivity contribution in [2.24, 2.45) is 11.8 Å². The number of rotatable bonds is 1. The summed E-state index contributed by atoms with van der Waals surface area (Å²) in [6, 6.07) is 30.7. The van der Waals surface area contributed by atoms with Crippen molar-refractivity contribution in [1.29, 1.82) is 0 Å². The van der Waals surface area contributed by atoms with E-state index in [9.17, 15) is 0 Å². The third-order valence-electron chi connectivity index (χ3n) is 8.19. The second-order valence-corrected chi connectivity index (χ2v) is 9.75. The largest absolute Gasteiger partial charge is 0.390 e. The molecule has 0 N–H and O–H groups in total. The molecule has 2 atom stereocenters. The molecule has 0 radical (unpaired) electrons. The summed E-state index contributed by atoms with van der Waals surface area (Å²) in [5, 5.41) is 2.76. The summed E-state index contributed by atoms with van der Waals surface area (Å²) in [6.45, 7) is 0. The molecule has 32 heavy (non-hydrogen) atoms. The Kier molecular flexibility index (Phi) is 3.22. The van der Waals surface area contributed by atoms with E-state index in [0.29, 0.717) is 5.92 Å². The van der Waals surface area contributed by atoms with Gasteiger partial charge in [-0.2, -0.15) is 9.13 Å². The van der Waals surface area contributed by atoms with Gasteiger partial charge in [0.25, 0.3) is 0 Å². The normalized spacial score (nSPS) is 20.6. The fraction of sp³-hybridized carbons (Fsp3) is 0.200. The smallest absolute Gasteiger partial charge is 0.199 e. The van der Waals surface area contributed by atoms with Gasteiger partial charge in [0, 0.05) is 17.0 Å². The van der Waals surface area contributed by atoms with Crippen LogP contribution < -0.4 is 9.13 Å². The molecule has 2 aliphatic carbocycles. The van der Waals surface area contributed by atoms with Gasteiger partial charge in [0.05, 0.1) is 6.07 Å². The van der Waals surface area contributed by atoms with Crippen LogP contribution in [-0.4, -0.2) is 0 Å². The number of pyridine rings is 1. The maximum absolute atomic E-state index is 2.56.